The maximum Gasteiger partial charge on any atom is 0.255 e. The number of amides is 1. The van der Waals surface area contributed by atoms with Crippen molar-refractivity contribution in [3.8, 4) is 5.75 Å². The second kappa shape index (κ2) is 7.16. The molecule has 3 N–H and O–H groups in total. The Balaban J connectivity index is 2.66. The van der Waals surface area contributed by atoms with E-state index in [0.29, 0.717) is 29.5 Å². The summed E-state index contributed by atoms with van der Waals surface area (Å²) < 4.78 is 5.16. The zero-order valence-corrected chi connectivity index (χ0v) is 11.8. The van der Waals surface area contributed by atoms with Crippen molar-refractivity contribution in [3.05, 3.63) is 23.8 Å². The molecule has 0 fully saturated rings. The second-order valence-corrected chi connectivity index (χ2v) is 5.14. The van der Waals surface area contributed by atoms with Crippen molar-refractivity contribution in [1.29, 1.82) is 0 Å². The molecule has 0 spiro atoms. The number of carbonyl (C=O) groups is 1. The Morgan fingerprint density at radius 1 is 1.56 bits per heavy atom. The van der Waals surface area contributed by atoms with Gasteiger partial charge < -0.3 is 15.8 Å². The molecule has 1 aromatic rings. The number of nitrogen functional groups attached to an aromatic ring is 1. The lowest BCUT2D eigenvalue weighted by Crippen LogP contribution is -2.29. The van der Waals surface area contributed by atoms with Crippen LogP contribution in [0.25, 0.3) is 0 Å². The van der Waals surface area contributed by atoms with E-state index in [4.69, 9.17) is 10.5 Å². The molecule has 0 saturated carbocycles. The molecule has 0 radical (unpaired) electrons. The number of nitrogens with one attached hydrogen (secondary N) is 1. The van der Waals surface area contributed by atoms with Gasteiger partial charge in [0.2, 0.25) is 0 Å². The first kappa shape index (κ1) is 14.7. The molecule has 0 aliphatic carbocycles. The monoisotopic (exact) mass is 268 g/mol. The molecule has 1 amide bonds. The van der Waals surface area contributed by atoms with Gasteiger partial charge in [-0.25, -0.2) is 0 Å². The molecule has 1 rings (SSSR count). The van der Waals surface area contributed by atoms with Crippen LogP contribution in [0.4, 0.5) is 5.69 Å². The fourth-order valence-electron chi connectivity index (χ4n) is 1.60. The van der Waals surface area contributed by atoms with E-state index in [2.05, 4.69) is 18.5 Å². The summed E-state index contributed by atoms with van der Waals surface area (Å²) in [7, 11) is 1.53. The van der Waals surface area contributed by atoms with Gasteiger partial charge in [0.15, 0.2) is 0 Å². The molecule has 1 aromatic carbocycles. The summed E-state index contributed by atoms with van der Waals surface area (Å²) in [5.74, 6) is 1.85. The van der Waals surface area contributed by atoms with Crippen LogP contribution >= 0.6 is 11.8 Å². The van der Waals surface area contributed by atoms with Gasteiger partial charge in [0.05, 0.1) is 12.7 Å². The lowest BCUT2D eigenvalue weighted by molar-refractivity contribution is 0.0946. The van der Waals surface area contributed by atoms with Crippen LogP contribution < -0.4 is 15.8 Å². The summed E-state index contributed by atoms with van der Waals surface area (Å²) in [4.78, 5) is 12.0. The molecular weight excluding hydrogens is 248 g/mol. The maximum atomic E-state index is 12.0. The summed E-state index contributed by atoms with van der Waals surface area (Å²) in [6, 6.07) is 5.03. The number of carbonyl (C=O) groups excluding carboxylic acids is 1. The van der Waals surface area contributed by atoms with E-state index < -0.39 is 0 Å². The van der Waals surface area contributed by atoms with Crippen LogP contribution in [-0.4, -0.2) is 31.6 Å². The molecule has 5 heteroatoms. The molecule has 1 unspecified atom stereocenters. The Labute approximate surface area is 112 Å². The highest BCUT2D eigenvalue weighted by Gasteiger charge is 2.13. The van der Waals surface area contributed by atoms with Crippen LogP contribution in [0.1, 0.15) is 17.3 Å². The van der Waals surface area contributed by atoms with Gasteiger partial charge >= 0.3 is 0 Å². The summed E-state index contributed by atoms with van der Waals surface area (Å²) >= 11 is 1.77. The van der Waals surface area contributed by atoms with Gasteiger partial charge in [-0.15, -0.1) is 0 Å². The molecule has 0 aliphatic rings. The lowest BCUT2D eigenvalue weighted by Gasteiger charge is -2.13. The lowest BCUT2D eigenvalue weighted by atomic mass is 10.1. The molecule has 1 atom stereocenters. The molecule has 100 valence electrons. The SMILES string of the molecule is COc1cc(N)ccc1C(=O)NCC(C)CSC. The molecule has 4 nitrogen and oxygen atoms in total. The van der Waals surface area contributed by atoms with Gasteiger partial charge in [0.1, 0.15) is 5.75 Å². The molecule has 18 heavy (non-hydrogen) atoms. The first-order chi connectivity index (χ1) is 8.58. The molecule has 0 saturated heterocycles. The Kier molecular flexibility index (Phi) is 5.85. The largest absolute Gasteiger partial charge is 0.496 e. The van der Waals surface area contributed by atoms with Gasteiger partial charge in [0, 0.05) is 18.3 Å². The number of rotatable bonds is 6. The minimum absolute atomic E-state index is 0.125. The van der Waals surface area contributed by atoms with Gasteiger partial charge in [-0.2, -0.15) is 11.8 Å². The molecule has 0 heterocycles. The average molecular weight is 268 g/mol. The molecule has 0 bridgehead atoms. The normalized spacial score (nSPS) is 11.9. The Morgan fingerprint density at radius 3 is 2.89 bits per heavy atom. The third-order valence-corrected chi connectivity index (χ3v) is 3.43. The number of hydrogen-bond donors (Lipinski definition) is 2. The van der Waals surface area contributed by atoms with Crippen molar-refractivity contribution in [2.45, 2.75) is 6.92 Å². The number of anilines is 1. The van der Waals surface area contributed by atoms with Crippen LogP contribution in [0.3, 0.4) is 0 Å². The van der Waals surface area contributed by atoms with Crippen LogP contribution in [0, 0.1) is 5.92 Å². The Morgan fingerprint density at radius 2 is 2.28 bits per heavy atom. The van der Waals surface area contributed by atoms with E-state index in [9.17, 15) is 4.79 Å². The van der Waals surface area contributed by atoms with E-state index in [1.807, 2.05) is 0 Å². The Bertz CT molecular complexity index is 410. The molecule has 0 aromatic heterocycles. The Hall–Kier alpha value is -1.36. The zero-order chi connectivity index (χ0) is 13.5. The standard InChI is InChI=1S/C13H20N2O2S/c1-9(8-18-3)7-15-13(16)11-5-4-10(14)6-12(11)17-2/h4-6,9H,7-8,14H2,1-3H3,(H,15,16). The number of benzene rings is 1. The summed E-state index contributed by atoms with van der Waals surface area (Å²) in [6.45, 7) is 2.77. The predicted octanol–water partition coefficient (Wildman–Crippen LogP) is 2.01. The zero-order valence-electron chi connectivity index (χ0n) is 11.0. The topological polar surface area (TPSA) is 64.3 Å². The summed E-state index contributed by atoms with van der Waals surface area (Å²) in [5, 5.41) is 2.90. The minimum atomic E-state index is -0.125. The second-order valence-electron chi connectivity index (χ2n) is 4.23. The van der Waals surface area contributed by atoms with Crippen LogP contribution in [-0.2, 0) is 0 Å². The first-order valence-electron chi connectivity index (χ1n) is 5.79. The van der Waals surface area contributed by atoms with E-state index in [-0.39, 0.29) is 5.91 Å². The fraction of sp³-hybridized carbons (Fsp3) is 0.462. The number of methoxy groups -OCH3 is 1. The number of ether oxygens (including phenoxy) is 1. The fourth-order valence-corrected chi connectivity index (χ4v) is 2.29. The smallest absolute Gasteiger partial charge is 0.255 e. The van der Waals surface area contributed by atoms with Gasteiger partial charge in [-0.3, -0.25) is 4.79 Å². The molecule has 0 aliphatic heterocycles. The predicted molar refractivity (Wildman–Crippen MR) is 77.3 cm³/mol. The number of thioether (sulfide) groups is 1. The number of hydrogen-bond acceptors (Lipinski definition) is 4. The summed E-state index contributed by atoms with van der Waals surface area (Å²) in [6.07, 6.45) is 2.06. The van der Waals surface area contributed by atoms with Crippen LogP contribution in [0.2, 0.25) is 0 Å². The van der Waals surface area contributed by atoms with Crippen molar-refractivity contribution in [2.24, 2.45) is 5.92 Å². The number of nitrogens with two attached hydrogens (primary N) is 1. The van der Waals surface area contributed by atoms with E-state index in [1.54, 1.807) is 30.0 Å². The van der Waals surface area contributed by atoms with Crippen molar-refractivity contribution in [3.63, 3.8) is 0 Å². The van der Waals surface area contributed by atoms with Gasteiger partial charge in [-0.05, 0) is 30.1 Å². The van der Waals surface area contributed by atoms with Crippen LogP contribution in [0.5, 0.6) is 5.75 Å². The first-order valence-corrected chi connectivity index (χ1v) is 7.18. The highest BCUT2D eigenvalue weighted by Crippen LogP contribution is 2.21. The minimum Gasteiger partial charge on any atom is -0.496 e. The maximum absolute atomic E-state index is 12.0. The third kappa shape index (κ3) is 4.14. The molecular formula is C13H20N2O2S. The highest BCUT2D eigenvalue weighted by atomic mass is 32.2. The highest BCUT2D eigenvalue weighted by molar-refractivity contribution is 7.98. The van der Waals surface area contributed by atoms with Gasteiger partial charge in [-0.1, -0.05) is 6.92 Å². The summed E-state index contributed by atoms with van der Waals surface area (Å²) in [5.41, 5.74) is 6.75. The van der Waals surface area contributed by atoms with E-state index in [0.717, 1.165) is 5.75 Å². The van der Waals surface area contributed by atoms with Crippen molar-refractivity contribution < 1.29 is 9.53 Å². The van der Waals surface area contributed by atoms with Crippen molar-refractivity contribution in [2.75, 3.05) is 31.4 Å². The van der Waals surface area contributed by atoms with Crippen molar-refractivity contribution in [1.82, 2.24) is 5.32 Å². The van der Waals surface area contributed by atoms with E-state index in [1.165, 1.54) is 7.11 Å². The van der Waals surface area contributed by atoms with E-state index >= 15 is 0 Å². The van der Waals surface area contributed by atoms with Crippen LogP contribution in [0.15, 0.2) is 18.2 Å². The third-order valence-electron chi connectivity index (χ3n) is 2.53. The average Bonchev–Trinajstić information content (AvgIpc) is 2.36. The van der Waals surface area contributed by atoms with Gasteiger partial charge in [0.25, 0.3) is 5.91 Å². The van der Waals surface area contributed by atoms with Crippen molar-refractivity contribution >= 4 is 23.4 Å². The quantitative estimate of drug-likeness (QED) is 0.775.